The van der Waals surface area contributed by atoms with Gasteiger partial charge in [-0.1, -0.05) is 20.8 Å². The molecule has 3 aliphatic heterocycles. The third-order valence-corrected chi connectivity index (χ3v) is 13.3. The van der Waals surface area contributed by atoms with E-state index in [0.29, 0.717) is 32.5 Å². The molecule has 3 aliphatic rings. The number of aliphatic hydroxyl groups is 5. The first-order chi connectivity index (χ1) is 27.8. The highest BCUT2D eigenvalue weighted by Gasteiger charge is 2.53. The maximum Gasteiger partial charge on any atom is 0.311 e. The fraction of sp³-hybridized carbons (Fsp3) is 0.953. The molecule has 17 heteroatoms. The van der Waals surface area contributed by atoms with E-state index in [1.54, 1.807) is 48.5 Å². The number of nitrogens with one attached hydrogen (secondary N) is 1. The lowest BCUT2D eigenvalue weighted by molar-refractivity contribution is -0.318. The number of hydrogen-bond donors (Lipinski definition) is 6. The number of nitrogens with zero attached hydrogens (tertiary/aromatic N) is 2. The van der Waals surface area contributed by atoms with Gasteiger partial charge in [-0.25, -0.2) is 0 Å². The van der Waals surface area contributed by atoms with E-state index < -0.39 is 96.0 Å². The number of methoxy groups -OCH3 is 2. The summed E-state index contributed by atoms with van der Waals surface area (Å²) in [4.78, 5) is 30.5. The van der Waals surface area contributed by atoms with Crippen molar-refractivity contribution in [3.8, 4) is 0 Å². The quantitative estimate of drug-likeness (QED) is 0.114. The van der Waals surface area contributed by atoms with Gasteiger partial charge in [-0.05, 0) is 94.2 Å². The normalized spacial score (nSPS) is 44.5. The summed E-state index contributed by atoms with van der Waals surface area (Å²) in [6.45, 7) is 18.5. The summed E-state index contributed by atoms with van der Waals surface area (Å²) in [5.41, 5.74) is -4.59. The fourth-order valence-electron chi connectivity index (χ4n) is 9.59. The zero-order valence-corrected chi connectivity index (χ0v) is 38.8. The molecule has 3 fully saturated rings. The smallest absolute Gasteiger partial charge is 0.311 e. The van der Waals surface area contributed by atoms with Crippen LogP contribution in [0.5, 0.6) is 0 Å². The second-order valence-electron chi connectivity index (χ2n) is 18.9. The molecule has 0 bridgehead atoms. The van der Waals surface area contributed by atoms with Crippen molar-refractivity contribution in [2.24, 2.45) is 17.8 Å². The Hall–Kier alpha value is -1.58. The van der Waals surface area contributed by atoms with Gasteiger partial charge < -0.3 is 68.9 Å². The van der Waals surface area contributed by atoms with Gasteiger partial charge in [-0.2, -0.15) is 0 Å². The van der Waals surface area contributed by atoms with Crippen LogP contribution in [0.1, 0.15) is 101 Å². The van der Waals surface area contributed by atoms with Crippen LogP contribution < -0.4 is 5.32 Å². The molecule has 0 aromatic heterocycles. The standard InChI is InChI=1S/C43H81N3O14/c1-15-31-43(10,53)36(49)28(6)46(18-16-17-44-32(47)23-54-13)22-24(2)20-41(8,52)38(60-40-34(48)30(45(11)12)19-25(3)56-40)26(4)35(27(5)39(51)58-31)59-33-21-42(9,55-14)37(50)29(7)57-33/h24-31,33-38,40,48-50,52-53H,15-23H2,1-14H3,(H,44,47)/t24-,25-,26+,27-,28-,29+,30+,31-,33+,34-,35+,36-,37+,38-,40+,41-,42-,43-/m1/s1. The van der Waals surface area contributed by atoms with Crippen LogP contribution in [-0.4, -0.2) is 192 Å². The molecule has 0 aliphatic carbocycles. The van der Waals surface area contributed by atoms with Crippen LogP contribution in [0.15, 0.2) is 0 Å². The number of ether oxygens (including phenoxy) is 7. The summed E-state index contributed by atoms with van der Waals surface area (Å²) in [6, 6.07) is -0.971. The summed E-state index contributed by atoms with van der Waals surface area (Å²) in [5, 5.41) is 62.2. The molecule has 0 saturated carbocycles. The number of amides is 1. The lowest BCUT2D eigenvalue weighted by Crippen LogP contribution is -2.60. The number of likely N-dealkylation sites (N-methyl/N-ethyl adjacent to an activating group) is 1. The number of esters is 1. The van der Waals surface area contributed by atoms with Crippen LogP contribution in [0.25, 0.3) is 0 Å². The van der Waals surface area contributed by atoms with Crippen LogP contribution in [0.2, 0.25) is 0 Å². The number of carbonyl (C=O) groups excluding carboxylic acids is 2. The fourth-order valence-corrected chi connectivity index (χ4v) is 9.59. The minimum atomic E-state index is -1.90. The van der Waals surface area contributed by atoms with Gasteiger partial charge in [0.1, 0.15) is 36.6 Å². The van der Waals surface area contributed by atoms with Crippen molar-refractivity contribution in [3.63, 3.8) is 0 Å². The van der Waals surface area contributed by atoms with Gasteiger partial charge in [0.05, 0.1) is 41.5 Å². The van der Waals surface area contributed by atoms with Gasteiger partial charge in [0.2, 0.25) is 5.91 Å². The molecule has 1 amide bonds. The molecule has 0 radical (unpaired) electrons. The van der Waals surface area contributed by atoms with Crippen LogP contribution in [-0.2, 0) is 42.7 Å². The van der Waals surface area contributed by atoms with E-state index in [1.165, 1.54) is 21.1 Å². The third kappa shape index (κ3) is 13.0. The Morgan fingerprint density at radius 1 is 0.967 bits per heavy atom. The first kappa shape index (κ1) is 52.8. The monoisotopic (exact) mass is 864 g/mol. The molecular formula is C43H81N3O14. The highest BCUT2D eigenvalue weighted by Crippen LogP contribution is 2.40. The topological polar surface area (TPSA) is 218 Å². The van der Waals surface area contributed by atoms with E-state index >= 15 is 0 Å². The third-order valence-electron chi connectivity index (χ3n) is 13.3. The molecule has 3 saturated heterocycles. The summed E-state index contributed by atoms with van der Waals surface area (Å²) >= 11 is 0. The first-order valence-electron chi connectivity index (χ1n) is 21.9. The van der Waals surface area contributed by atoms with E-state index in [2.05, 4.69) is 5.32 Å². The number of cyclic esters (lactones) is 1. The van der Waals surface area contributed by atoms with Gasteiger partial charge in [0, 0.05) is 58.3 Å². The summed E-state index contributed by atoms with van der Waals surface area (Å²) in [5.74, 6) is -3.09. The van der Waals surface area contributed by atoms with Gasteiger partial charge in [0.25, 0.3) is 0 Å². The molecule has 0 unspecified atom stereocenters. The van der Waals surface area contributed by atoms with Crippen LogP contribution in [0.4, 0.5) is 0 Å². The van der Waals surface area contributed by atoms with Crippen molar-refractivity contribution in [2.75, 3.05) is 54.6 Å². The van der Waals surface area contributed by atoms with Gasteiger partial charge in [-0.15, -0.1) is 0 Å². The molecule has 17 nitrogen and oxygen atoms in total. The largest absolute Gasteiger partial charge is 0.459 e. The molecule has 0 aromatic rings. The number of hydrogen-bond acceptors (Lipinski definition) is 16. The summed E-state index contributed by atoms with van der Waals surface area (Å²) in [7, 11) is 6.69. The molecule has 3 heterocycles. The van der Waals surface area contributed by atoms with Gasteiger partial charge in [0.15, 0.2) is 12.6 Å². The Balaban J connectivity index is 2.17. The van der Waals surface area contributed by atoms with Crippen molar-refractivity contribution in [3.05, 3.63) is 0 Å². The molecule has 0 spiro atoms. The van der Waals surface area contributed by atoms with E-state index in [1.807, 2.05) is 37.7 Å². The summed E-state index contributed by atoms with van der Waals surface area (Å²) < 4.78 is 42.8. The molecule has 352 valence electrons. The SMILES string of the molecule is CC[C@H]1OC(=O)[C@H](C)[C@@H](O[C@H]2C[C@@](C)(OC)[C@@H](O)[C@H](C)O2)[C@H](C)[C@@H](O[C@@H]2O[C@H](C)C[C@H](N(C)C)[C@H]2O)[C@](C)(O)C[C@@H](C)CN(CCCNC(=O)COC)[C@H](C)[C@@H](O)[C@]1(C)O. The lowest BCUT2D eigenvalue weighted by atomic mass is 9.77. The van der Waals surface area contributed by atoms with Crippen LogP contribution in [0.3, 0.4) is 0 Å². The number of carbonyl (C=O) groups is 2. The molecular weight excluding hydrogens is 782 g/mol. The first-order valence-corrected chi connectivity index (χ1v) is 21.9. The maximum absolute atomic E-state index is 14.4. The van der Waals surface area contributed by atoms with Crippen molar-refractivity contribution < 1.29 is 68.3 Å². The highest BCUT2D eigenvalue weighted by atomic mass is 16.7. The zero-order chi connectivity index (χ0) is 45.5. The van der Waals surface area contributed by atoms with Crippen LogP contribution in [0, 0.1) is 17.8 Å². The van der Waals surface area contributed by atoms with Crippen molar-refractivity contribution in [2.45, 2.75) is 192 Å². The number of aliphatic hydroxyl groups excluding tert-OH is 3. The molecule has 18 atom stereocenters. The molecule has 6 N–H and O–H groups in total. The minimum Gasteiger partial charge on any atom is -0.459 e. The maximum atomic E-state index is 14.4. The molecule has 60 heavy (non-hydrogen) atoms. The average Bonchev–Trinajstić information content (AvgIpc) is 3.17. The van der Waals surface area contributed by atoms with Crippen molar-refractivity contribution in [1.82, 2.24) is 15.1 Å². The van der Waals surface area contributed by atoms with E-state index in [-0.39, 0.29) is 49.8 Å². The Labute approximate surface area is 358 Å². The van der Waals surface area contributed by atoms with Crippen molar-refractivity contribution >= 4 is 11.9 Å². The van der Waals surface area contributed by atoms with E-state index in [4.69, 9.17) is 33.2 Å². The lowest BCUT2D eigenvalue weighted by Gasteiger charge is -2.48. The minimum absolute atomic E-state index is 0.0722. The second-order valence-corrected chi connectivity index (χ2v) is 18.9. The Morgan fingerprint density at radius 2 is 1.62 bits per heavy atom. The molecule has 0 aromatic carbocycles. The zero-order valence-electron chi connectivity index (χ0n) is 38.8. The molecule has 3 rings (SSSR count). The van der Waals surface area contributed by atoms with Gasteiger partial charge >= 0.3 is 5.97 Å². The Bertz CT molecular complexity index is 1340. The summed E-state index contributed by atoms with van der Waals surface area (Å²) in [6.07, 6.45) is -8.39. The Kier molecular flexibility index (Phi) is 19.7. The predicted molar refractivity (Wildman–Crippen MR) is 223 cm³/mol. The van der Waals surface area contributed by atoms with Crippen molar-refractivity contribution in [1.29, 1.82) is 0 Å². The van der Waals surface area contributed by atoms with Crippen LogP contribution >= 0.6 is 0 Å². The second kappa shape index (κ2) is 22.4. The highest BCUT2D eigenvalue weighted by molar-refractivity contribution is 5.77. The predicted octanol–water partition coefficient (Wildman–Crippen LogP) is 1.42. The average molecular weight is 864 g/mol. The van der Waals surface area contributed by atoms with E-state index in [9.17, 15) is 35.1 Å². The Morgan fingerprint density at radius 3 is 2.20 bits per heavy atom. The van der Waals surface area contributed by atoms with Gasteiger partial charge in [-0.3, -0.25) is 14.5 Å². The number of rotatable bonds is 13. The van der Waals surface area contributed by atoms with E-state index in [0.717, 1.165) is 0 Å².